The second-order valence-corrected chi connectivity index (χ2v) is 19.2. The summed E-state index contributed by atoms with van der Waals surface area (Å²) in [4.78, 5) is 40.2. The maximum Gasteiger partial charge on any atom is 0.338 e. The lowest BCUT2D eigenvalue weighted by Gasteiger charge is -2.48. The van der Waals surface area contributed by atoms with Crippen LogP contribution in [0.15, 0.2) is 65.8 Å². The Hall–Kier alpha value is -3.86. The minimum Gasteiger partial charge on any atom is -0.463 e. The van der Waals surface area contributed by atoms with Gasteiger partial charge in [0.15, 0.2) is 24.8 Å². The number of ether oxygens (including phenoxy) is 8. The summed E-state index contributed by atoms with van der Waals surface area (Å²) >= 11 is 0. The van der Waals surface area contributed by atoms with Crippen molar-refractivity contribution < 1.29 is 57.4 Å². The Morgan fingerprint density at radius 2 is 1.53 bits per heavy atom. The van der Waals surface area contributed by atoms with Gasteiger partial charge in [-0.25, -0.2) is 4.79 Å². The van der Waals surface area contributed by atoms with Crippen molar-refractivity contribution >= 4 is 26.0 Å². The van der Waals surface area contributed by atoms with E-state index in [1.807, 2.05) is 30.3 Å². The Balaban J connectivity index is 1.75. The summed E-state index contributed by atoms with van der Waals surface area (Å²) in [6.45, 7) is 10.7. The van der Waals surface area contributed by atoms with Crippen molar-refractivity contribution in [3.05, 3.63) is 82.2 Å². The lowest BCUT2D eigenvalue weighted by Crippen LogP contribution is -2.65. The summed E-state index contributed by atoms with van der Waals surface area (Å²) < 4.78 is 48.3. The van der Waals surface area contributed by atoms with E-state index in [1.54, 1.807) is 37.3 Å². The summed E-state index contributed by atoms with van der Waals surface area (Å²) in [7, 11) is -1.56. The number of aliphatic hydroxyl groups is 1. The van der Waals surface area contributed by atoms with Crippen molar-refractivity contribution in [3.63, 3.8) is 0 Å². The van der Waals surface area contributed by atoms with Crippen molar-refractivity contribution in [1.29, 1.82) is 0 Å². The molecule has 278 valence electrons. The van der Waals surface area contributed by atoms with E-state index in [0.717, 1.165) is 18.5 Å². The fraction of sp³-hybridized carbons (Fsp3) is 0.571. The zero-order valence-corrected chi connectivity index (χ0v) is 30.7. The molecule has 2 saturated heterocycles. The first kappa shape index (κ1) is 39.9. The van der Waals surface area contributed by atoms with E-state index in [1.165, 1.54) is 6.92 Å². The molecule has 0 aromatic heterocycles. The molecule has 0 unspecified atom stereocenters. The number of carbonyl (C=O) groups is 3. The topological polar surface area (TPSA) is 194 Å². The quantitative estimate of drug-likeness (QED) is 0.0673. The molecule has 0 bridgehead atoms. The van der Waals surface area contributed by atoms with Crippen LogP contribution in [0.5, 0.6) is 0 Å². The molecule has 1 N–H and O–H groups in total. The van der Waals surface area contributed by atoms with Gasteiger partial charge in [0.2, 0.25) is 0 Å². The minimum absolute atomic E-state index is 0.122. The number of hydrogen-bond acceptors (Lipinski definition) is 13. The molecule has 15 nitrogen and oxygen atoms in total. The van der Waals surface area contributed by atoms with Crippen LogP contribution in [0.1, 0.15) is 36.7 Å². The van der Waals surface area contributed by atoms with Crippen molar-refractivity contribution in [1.82, 2.24) is 0 Å². The third-order valence-corrected chi connectivity index (χ3v) is 9.97. The molecule has 51 heavy (non-hydrogen) atoms. The van der Waals surface area contributed by atoms with Gasteiger partial charge >= 0.3 is 17.9 Å². The predicted molar refractivity (Wildman–Crippen MR) is 184 cm³/mol. The molecule has 2 aliphatic rings. The van der Waals surface area contributed by atoms with Crippen LogP contribution < -0.4 is 0 Å². The zero-order valence-electron chi connectivity index (χ0n) is 29.7. The van der Waals surface area contributed by atoms with Crippen LogP contribution in [-0.4, -0.2) is 106 Å². The Kier molecular flexibility index (Phi) is 14.5. The molecule has 0 saturated carbocycles. The molecule has 0 radical (unpaired) electrons. The first-order chi connectivity index (χ1) is 24.3. The van der Waals surface area contributed by atoms with Crippen LogP contribution in [-0.2, 0) is 54.1 Å². The Bertz CT molecular complexity index is 1490. The van der Waals surface area contributed by atoms with E-state index in [0.29, 0.717) is 6.61 Å². The van der Waals surface area contributed by atoms with E-state index in [2.05, 4.69) is 29.7 Å². The Labute approximate surface area is 298 Å². The first-order valence-electron chi connectivity index (χ1n) is 16.8. The molecule has 16 heteroatoms. The van der Waals surface area contributed by atoms with Gasteiger partial charge in [-0.2, -0.15) is 0 Å². The average molecular weight is 730 g/mol. The minimum atomic E-state index is -1.65. The normalized spacial score (nSPS) is 29.3. The van der Waals surface area contributed by atoms with Crippen molar-refractivity contribution in [2.75, 3.05) is 13.2 Å². The van der Waals surface area contributed by atoms with Crippen LogP contribution in [0, 0.1) is 0 Å². The second kappa shape index (κ2) is 18.6. The first-order valence-corrected chi connectivity index (χ1v) is 20.5. The van der Waals surface area contributed by atoms with Gasteiger partial charge in [0, 0.05) is 33.4 Å². The highest BCUT2D eigenvalue weighted by atomic mass is 28.3. The van der Waals surface area contributed by atoms with Gasteiger partial charge < -0.3 is 43.0 Å². The van der Waals surface area contributed by atoms with Crippen molar-refractivity contribution in [3.8, 4) is 0 Å². The number of carbonyl (C=O) groups excluding carboxylic acids is 3. The molecular formula is C35H47N3O12Si. The van der Waals surface area contributed by atoms with Gasteiger partial charge in [-0.15, -0.1) is 0 Å². The van der Waals surface area contributed by atoms with Gasteiger partial charge in [-0.1, -0.05) is 73.3 Å². The van der Waals surface area contributed by atoms with E-state index in [4.69, 9.17) is 37.9 Å². The number of nitrogens with zero attached hydrogens (tertiary/aromatic N) is 3. The molecule has 0 amide bonds. The average Bonchev–Trinajstić information content (AvgIpc) is 3.08. The molecule has 2 aromatic rings. The van der Waals surface area contributed by atoms with Gasteiger partial charge in [0.1, 0.15) is 37.1 Å². The number of esters is 3. The maximum absolute atomic E-state index is 13.6. The summed E-state index contributed by atoms with van der Waals surface area (Å²) in [5.41, 5.74) is 10.6. The number of aliphatic hydroxyl groups excluding tert-OH is 1. The Morgan fingerprint density at radius 1 is 0.863 bits per heavy atom. The fourth-order valence-corrected chi connectivity index (χ4v) is 6.39. The third kappa shape index (κ3) is 11.6. The molecule has 2 fully saturated rings. The van der Waals surface area contributed by atoms with Gasteiger partial charge in [0.05, 0.1) is 18.3 Å². The standard InChI is InChI=1S/C35H47N3O12Si/c1-21-29(45-19-24-13-9-7-10-14-24)31(32(35(46-21)43-17-18-51(4,5)6)49-33(42)25-15-11-8-12-16-25)50-34-27(37-38-36)28(41)30(47-23(3)40)26(48-34)20-44-22(2)39/h7-16,21,26-32,34-35,41H,17-20H2,1-6H3/t21-,26+,27+,28+,29-,30+,31+,32+,34+,35+/m0/s1. The van der Waals surface area contributed by atoms with Crippen LogP contribution in [0.4, 0.5) is 0 Å². The largest absolute Gasteiger partial charge is 0.463 e. The molecule has 2 aromatic carbocycles. The summed E-state index contributed by atoms with van der Waals surface area (Å²) in [6, 6.07) is 17.0. The van der Waals surface area contributed by atoms with E-state index < -0.39 is 93.9 Å². The summed E-state index contributed by atoms with van der Waals surface area (Å²) in [5, 5.41) is 15.2. The van der Waals surface area contributed by atoms with Gasteiger partial charge in [-0.05, 0) is 36.2 Å². The van der Waals surface area contributed by atoms with Crippen molar-refractivity contribution in [2.24, 2.45) is 5.11 Å². The molecule has 2 heterocycles. The van der Waals surface area contributed by atoms with Crippen LogP contribution >= 0.6 is 0 Å². The van der Waals surface area contributed by atoms with Gasteiger partial charge in [0.25, 0.3) is 0 Å². The van der Waals surface area contributed by atoms with Crippen LogP contribution in [0.2, 0.25) is 25.7 Å². The monoisotopic (exact) mass is 729 g/mol. The number of benzene rings is 2. The highest BCUT2D eigenvalue weighted by Crippen LogP contribution is 2.35. The van der Waals surface area contributed by atoms with E-state index in [9.17, 15) is 25.0 Å². The molecule has 10 atom stereocenters. The lowest BCUT2D eigenvalue weighted by molar-refractivity contribution is -0.346. The molecule has 0 aliphatic carbocycles. The van der Waals surface area contributed by atoms with E-state index >= 15 is 0 Å². The molecule has 0 spiro atoms. The summed E-state index contributed by atoms with van der Waals surface area (Å²) in [6.07, 6.45) is -11.0. The lowest BCUT2D eigenvalue weighted by atomic mass is 9.95. The summed E-state index contributed by atoms with van der Waals surface area (Å²) in [5.74, 6) is -2.09. The van der Waals surface area contributed by atoms with Crippen LogP contribution in [0.25, 0.3) is 10.4 Å². The zero-order chi connectivity index (χ0) is 37.1. The van der Waals surface area contributed by atoms with Crippen LogP contribution in [0.3, 0.4) is 0 Å². The smallest absolute Gasteiger partial charge is 0.338 e. The SMILES string of the molecule is CC(=O)OC[C@H]1O[C@H](O[C@@H]2[C@@H](OCc3ccccc3)[C@H](C)O[C@@H](OCC[Si](C)(C)C)[C@@H]2OC(=O)c2ccccc2)[C@H](N=[N+]=[N-])[C@@H](O)[C@@H]1OC(C)=O. The predicted octanol–water partition coefficient (Wildman–Crippen LogP) is 4.54. The Morgan fingerprint density at radius 3 is 2.14 bits per heavy atom. The molecular weight excluding hydrogens is 682 g/mol. The number of hydrogen-bond donors (Lipinski definition) is 1. The van der Waals surface area contributed by atoms with Crippen molar-refractivity contribution in [2.45, 2.75) is 114 Å². The second-order valence-electron chi connectivity index (χ2n) is 13.6. The number of azide groups is 1. The number of rotatable bonds is 15. The third-order valence-electron chi connectivity index (χ3n) is 8.27. The van der Waals surface area contributed by atoms with Gasteiger partial charge in [-0.3, -0.25) is 9.59 Å². The molecule has 4 rings (SSSR count). The highest BCUT2D eigenvalue weighted by Gasteiger charge is 2.54. The highest BCUT2D eigenvalue weighted by molar-refractivity contribution is 6.76. The molecule has 2 aliphatic heterocycles. The van der Waals surface area contributed by atoms with E-state index in [-0.39, 0.29) is 12.2 Å². The maximum atomic E-state index is 13.6. The fourth-order valence-electron chi connectivity index (χ4n) is 5.66.